The van der Waals surface area contributed by atoms with Crippen LogP contribution < -0.4 is 35.7 Å². The molecular weight excluding hydrogens is 723 g/mol. The quantitative estimate of drug-likeness (QED) is 0.125. The van der Waals surface area contributed by atoms with Crippen molar-refractivity contribution in [1.82, 2.24) is 0 Å². The first kappa shape index (κ1) is 34.0. The molecule has 0 unspecified atom stereocenters. The zero-order chi connectivity index (χ0) is 39.5. The van der Waals surface area contributed by atoms with E-state index in [0.29, 0.717) is 11.3 Å². The maximum Gasteiger partial charge on any atom is 0.262 e. The van der Waals surface area contributed by atoms with Crippen LogP contribution in [0.5, 0.6) is 23.0 Å². The molecule has 0 radical (unpaired) electrons. The Hall–Kier alpha value is -8.26. The van der Waals surface area contributed by atoms with Crippen LogP contribution >= 0.6 is 0 Å². The van der Waals surface area contributed by atoms with E-state index < -0.39 is 0 Å². The van der Waals surface area contributed by atoms with E-state index in [1.54, 1.807) is 0 Å². The van der Waals surface area contributed by atoms with Crippen LogP contribution in [0.15, 0.2) is 188 Å². The second-order valence-electron chi connectivity index (χ2n) is 14.6. The highest BCUT2D eigenvalue weighted by molar-refractivity contribution is 7.01. The van der Waals surface area contributed by atoms with Gasteiger partial charge in [-0.05, 0) is 88.4 Å². The van der Waals surface area contributed by atoms with Gasteiger partial charge in [-0.2, -0.15) is 5.26 Å². The minimum Gasteiger partial charge on any atom is -0.458 e. The number of rotatable bonds is 6. The van der Waals surface area contributed by atoms with E-state index >= 15 is 0 Å². The van der Waals surface area contributed by atoms with Gasteiger partial charge in [-0.25, -0.2) is 4.85 Å². The van der Waals surface area contributed by atoms with Crippen LogP contribution in [0.4, 0.5) is 39.8 Å². The minimum absolute atomic E-state index is 0.227. The second-order valence-corrected chi connectivity index (χ2v) is 14.6. The highest BCUT2D eigenvalue weighted by Gasteiger charge is 2.43. The van der Waals surface area contributed by atoms with Crippen LogP contribution in [-0.2, 0) is 0 Å². The van der Waals surface area contributed by atoms with Gasteiger partial charge in [0.25, 0.3) is 6.71 Å². The van der Waals surface area contributed by atoms with Crippen LogP contribution in [0.2, 0.25) is 0 Å². The molecule has 9 aromatic carbocycles. The third kappa shape index (κ3) is 5.49. The van der Waals surface area contributed by atoms with E-state index in [1.165, 1.54) is 0 Å². The summed E-state index contributed by atoms with van der Waals surface area (Å²) in [5, 5.41) is 14.1. The van der Waals surface area contributed by atoms with Gasteiger partial charge in [0.1, 0.15) is 23.0 Å². The molecule has 7 heteroatoms. The van der Waals surface area contributed by atoms with E-state index in [4.69, 9.17) is 16.0 Å². The topological polar surface area (TPSA) is 53.1 Å². The molecular formula is C52H31BN4O2. The second kappa shape index (κ2) is 13.7. The average molecular weight is 755 g/mol. The van der Waals surface area contributed by atoms with Crippen molar-refractivity contribution in [3.8, 4) is 29.1 Å². The molecule has 0 atom stereocenters. The smallest absolute Gasteiger partial charge is 0.262 e. The first-order valence-electron chi connectivity index (χ1n) is 19.5. The summed E-state index contributed by atoms with van der Waals surface area (Å²) >= 11 is 0. The van der Waals surface area contributed by atoms with Crippen molar-refractivity contribution >= 4 is 84.5 Å². The number of benzene rings is 9. The van der Waals surface area contributed by atoms with Gasteiger partial charge < -0.3 is 19.3 Å². The van der Waals surface area contributed by atoms with Crippen molar-refractivity contribution < 1.29 is 9.47 Å². The molecule has 9 aromatic rings. The van der Waals surface area contributed by atoms with Crippen molar-refractivity contribution in [2.45, 2.75) is 0 Å². The van der Waals surface area contributed by atoms with Crippen molar-refractivity contribution in [1.29, 1.82) is 5.26 Å². The molecule has 2 heterocycles. The Labute approximate surface area is 341 Å². The number of ether oxygens (including phenoxy) is 2. The molecule has 0 N–H and O–H groups in total. The van der Waals surface area contributed by atoms with Crippen molar-refractivity contribution in [3.05, 3.63) is 205 Å². The Morgan fingerprint density at radius 3 is 1.42 bits per heavy atom. The number of fused-ring (bicyclic) bond motifs is 8. The monoisotopic (exact) mass is 754 g/mol. The van der Waals surface area contributed by atoms with Gasteiger partial charge >= 0.3 is 0 Å². The lowest BCUT2D eigenvalue weighted by Crippen LogP contribution is -2.58. The molecule has 0 bridgehead atoms. The largest absolute Gasteiger partial charge is 0.458 e. The standard InChI is InChI=1S/C52H31BN4O2/c1-55-35-16-13-22-39(30-35)57(37-19-6-3-7-20-37)45-32-49-51(43-26-11-9-24-41(43)45)53-50-42-25-10-8-23-40(42)44(31-48(50)58-46-27-14-28-47(59-49)52(46)53)56(36-17-4-2-5-18-36)38-21-12-15-34(29-38)33-54/h2-32H. The summed E-state index contributed by atoms with van der Waals surface area (Å²) in [6.07, 6.45) is 0. The molecule has 0 saturated carbocycles. The van der Waals surface area contributed by atoms with E-state index in [1.807, 2.05) is 103 Å². The molecule has 0 saturated heterocycles. The molecule has 0 fully saturated rings. The van der Waals surface area contributed by atoms with Gasteiger partial charge in [-0.1, -0.05) is 109 Å². The van der Waals surface area contributed by atoms with E-state index in [2.05, 4.69) is 106 Å². The van der Waals surface area contributed by atoms with Gasteiger partial charge in [0, 0.05) is 51.1 Å². The summed E-state index contributed by atoms with van der Waals surface area (Å²) in [7, 11) is 0. The van der Waals surface area contributed by atoms with Crippen LogP contribution in [0, 0.1) is 17.9 Å². The molecule has 2 aliphatic rings. The SMILES string of the molecule is [C-]#[N+]c1cccc(N(c2ccccc2)c2cc3c(c4ccccc24)B2c4c(cccc4O3)Oc3cc(N(c4ccccc4)c4cccc(C#N)c4)c4ccccc4c32)c1. The van der Waals surface area contributed by atoms with Gasteiger partial charge in [0.2, 0.25) is 0 Å². The summed E-state index contributed by atoms with van der Waals surface area (Å²) in [6.45, 7) is 7.57. The first-order chi connectivity index (χ1) is 29.2. The third-order valence-corrected chi connectivity index (χ3v) is 11.3. The molecule has 0 spiro atoms. The number of anilines is 6. The highest BCUT2D eigenvalue weighted by atomic mass is 16.5. The lowest BCUT2D eigenvalue weighted by molar-refractivity contribution is 0.465. The van der Waals surface area contributed by atoms with Gasteiger partial charge in [0.15, 0.2) is 5.69 Å². The number of hydrogen-bond acceptors (Lipinski definition) is 5. The molecule has 6 nitrogen and oxygen atoms in total. The minimum atomic E-state index is -0.227. The lowest BCUT2D eigenvalue weighted by atomic mass is 9.33. The lowest BCUT2D eigenvalue weighted by Gasteiger charge is -2.37. The Morgan fingerprint density at radius 1 is 0.441 bits per heavy atom. The molecule has 0 amide bonds. The van der Waals surface area contributed by atoms with E-state index in [0.717, 1.165) is 95.1 Å². The first-order valence-corrected chi connectivity index (χ1v) is 19.5. The fourth-order valence-electron chi connectivity index (χ4n) is 8.92. The fraction of sp³-hybridized carbons (Fsp3) is 0. The van der Waals surface area contributed by atoms with Crippen molar-refractivity contribution in [3.63, 3.8) is 0 Å². The predicted octanol–water partition coefficient (Wildman–Crippen LogP) is 12.1. The number of nitriles is 1. The normalized spacial score (nSPS) is 11.9. The van der Waals surface area contributed by atoms with Gasteiger partial charge in [0.05, 0.1) is 29.6 Å². The summed E-state index contributed by atoms with van der Waals surface area (Å²) < 4.78 is 14.0. The van der Waals surface area contributed by atoms with E-state index in [9.17, 15) is 5.26 Å². The van der Waals surface area contributed by atoms with Crippen LogP contribution in [0.3, 0.4) is 0 Å². The fourth-order valence-corrected chi connectivity index (χ4v) is 8.92. The van der Waals surface area contributed by atoms with Gasteiger partial charge in [-0.3, -0.25) is 0 Å². The molecule has 274 valence electrons. The van der Waals surface area contributed by atoms with Gasteiger partial charge in [-0.15, -0.1) is 0 Å². The Morgan fingerprint density at radius 2 is 0.898 bits per heavy atom. The molecule has 11 rings (SSSR count). The third-order valence-electron chi connectivity index (χ3n) is 11.3. The molecule has 0 aromatic heterocycles. The van der Waals surface area contributed by atoms with Crippen molar-refractivity contribution in [2.75, 3.05) is 9.80 Å². The molecule has 2 aliphatic heterocycles. The number of hydrogen-bond donors (Lipinski definition) is 0. The van der Waals surface area contributed by atoms with E-state index in [-0.39, 0.29) is 6.71 Å². The van der Waals surface area contributed by atoms with Crippen LogP contribution in [-0.4, -0.2) is 6.71 Å². The Balaban J connectivity index is 1.19. The Bertz CT molecular complexity index is 3020. The molecule has 0 aliphatic carbocycles. The molecule has 59 heavy (non-hydrogen) atoms. The number of para-hydroxylation sites is 2. The van der Waals surface area contributed by atoms with Crippen molar-refractivity contribution in [2.24, 2.45) is 0 Å². The summed E-state index contributed by atoms with van der Waals surface area (Å²) in [4.78, 5) is 8.19. The van der Waals surface area contributed by atoms with Crippen LogP contribution in [0.1, 0.15) is 5.56 Å². The summed E-state index contributed by atoms with van der Waals surface area (Å²) in [6, 6.07) is 65.8. The maximum atomic E-state index is 9.92. The summed E-state index contributed by atoms with van der Waals surface area (Å²) in [5.41, 5.74) is 9.84. The average Bonchev–Trinajstić information content (AvgIpc) is 3.30. The Kier molecular flexibility index (Phi) is 7.93. The zero-order valence-corrected chi connectivity index (χ0v) is 31.6. The highest BCUT2D eigenvalue weighted by Crippen LogP contribution is 2.47. The number of nitrogens with zero attached hydrogens (tertiary/aromatic N) is 4. The summed E-state index contributed by atoms with van der Waals surface area (Å²) in [5.74, 6) is 3.02. The predicted molar refractivity (Wildman–Crippen MR) is 239 cm³/mol. The maximum absolute atomic E-state index is 9.92. The zero-order valence-electron chi connectivity index (χ0n) is 31.6. The van der Waals surface area contributed by atoms with Crippen LogP contribution in [0.25, 0.3) is 26.4 Å².